The van der Waals surface area contributed by atoms with Crippen molar-refractivity contribution in [1.29, 1.82) is 5.26 Å². The second-order valence-electron chi connectivity index (χ2n) is 3.33. The topological polar surface area (TPSA) is 81.6 Å². The number of rotatable bonds is 4. The molecule has 0 unspecified atom stereocenters. The average molecular weight is 206 g/mol. The highest BCUT2D eigenvalue weighted by atomic mass is 16.1. The van der Waals surface area contributed by atoms with E-state index in [9.17, 15) is 4.79 Å². The van der Waals surface area contributed by atoms with Gasteiger partial charge in [0.2, 0.25) is 0 Å². The van der Waals surface area contributed by atoms with Crippen LogP contribution in [0.2, 0.25) is 0 Å². The summed E-state index contributed by atoms with van der Waals surface area (Å²) in [5, 5.41) is 17.8. The van der Waals surface area contributed by atoms with E-state index in [-0.39, 0.29) is 5.91 Å². The summed E-state index contributed by atoms with van der Waals surface area (Å²) < 4.78 is 0. The Morgan fingerprint density at radius 1 is 1.60 bits per heavy atom. The molecule has 0 radical (unpaired) electrons. The monoisotopic (exact) mass is 206 g/mol. The Morgan fingerprint density at radius 3 is 2.87 bits per heavy atom. The largest absolute Gasteiger partial charge is 0.352 e. The molecule has 1 aromatic heterocycles. The van der Waals surface area contributed by atoms with Gasteiger partial charge in [-0.1, -0.05) is 0 Å². The van der Waals surface area contributed by atoms with E-state index in [2.05, 4.69) is 15.5 Å². The molecule has 1 heterocycles. The van der Waals surface area contributed by atoms with Crippen molar-refractivity contribution >= 4 is 5.91 Å². The van der Waals surface area contributed by atoms with E-state index < -0.39 is 0 Å². The van der Waals surface area contributed by atoms with E-state index in [0.717, 1.165) is 5.69 Å². The van der Waals surface area contributed by atoms with Crippen LogP contribution >= 0.6 is 0 Å². The van der Waals surface area contributed by atoms with E-state index in [1.54, 1.807) is 6.92 Å². The fraction of sp³-hybridized carbons (Fsp3) is 0.500. The number of carbonyl (C=O) groups excluding carboxylic acids is 1. The lowest BCUT2D eigenvalue weighted by molar-refractivity contribution is 0.0952. The lowest BCUT2D eigenvalue weighted by Gasteiger charge is -2.03. The number of unbranched alkanes of at least 4 members (excludes halogenated alkanes) is 1. The highest BCUT2D eigenvalue weighted by Crippen LogP contribution is 2.08. The molecule has 1 amide bonds. The molecule has 80 valence electrons. The molecule has 5 heteroatoms. The summed E-state index contributed by atoms with van der Waals surface area (Å²) in [6.07, 6.45) is 1.14. The summed E-state index contributed by atoms with van der Waals surface area (Å²) in [5.41, 5.74) is 2.07. The summed E-state index contributed by atoms with van der Waals surface area (Å²) in [5.74, 6) is -0.128. The fourth-order valence-corrected chi connectivity index (χ4v) is 1.34. The molecule has 0 aliphatic carbocycles. The average Bonchev–Trinajstić information content (AvgIpc) is 2.53. The number of amides is 1. The van der Waals surface area contributed by atoms with Gasteiger partial charge in [0.1, 0.15) is 0 Å². The van der Waals surface area contributed by atoms with Gasteiger partial charge in [-0.3, -0.25) is 9.89 Å². The zero-order valence-electron chi connectivity index (χ0n) is 8.92. The molecule has 0 fully saturated rings. The van der Waals surface area contributed by atoms with Crippen LogP contribution in [0.1, 0.15) is 34.6 Å². The Morgan fingerprint density at radius 2 is 2.33 bits per heavy atom. The van der Waals surface area contributed by atoms with Crippen molar-refractivity contribution in [3.63, 3.8) is 0 Å². The molecule has 0 bridgehead atoms. The first-order valence-electron chi connectivity index (χ1n) is 4.83. The van der Waals surface area contributed by atoms with Crippen LogP contribution in [0.25, 0.3) is 0 Å². The molecule has 1 aromatic rings. The standard InChI is InChI=1S/C10H14N4O/c1-7-9(8(2)14-13-7)10(15)12-6-4-3-5-11/h3-4,6H2,1-2H3,(H,12,15)(H,13,14). The molecule has 5 nitrogen and oxygen atoms in total. The maximum Gasteiger partial charge on any atom is 0.255 e. The van der Waals surface area contributed by atoms with Gasteiger partial charge in [-0.25, -0.2) is 0 Å². The molecule has 0 aliphatic rings. The van der Waals surface area contributed by atoms with Crippen LogP contribution in [0.5, 0.6) is 0 Å². The molecule has 0 aliphatic heterocycles. The van der Waals surface area contributed by atoms with E-state index in [1.165, 1.54) is 0 Å². The summed E-state index contributed by atoms with van der Waals surface area (Å²) in [4.78, 5) is 11.7. The molecule has 2 N–H and O–H groups in total. The smallest absolute Gasteiger partial charge is 0.255 e. The molecule has 0 atom stereocenters. The number of H-pyrrole nitrogens is 1. The highest BCUT2D eigenvalue weighted by Gasteiger charge is 2.13. The van der Waals surface area contributed by atoms with E-state index in [0.29, 0.717) is 30.6 Å². The fourth-order valence-electron chi connectivity index (χ4n) is 1.34. The Bertz CT molecular complexity index is 369. The van der Waals surface area contributed by atoms with Crippen molar-refractivity contribution in [2.75, 3.05) is 6.54 Å². The number of hydrogen-bond donors (Lipinski definition) is 2. The second-order valence-corrected chi connectivity index (χ2v) is 3.33. The van der Waals surface area contributed by atoms with Gasteiger partial charge < -0.3 is 5.32 Å². The summed E-state index contributed by atoms with van der Waals surface area (Å²) in [6.45, 7) is 4.12. The van der Waals surface area contributed by atoms with Crippen LogP contribution in [-0.2, 0) is 0 Å². The van der Waals surface area contributed by atoms with Crippen molar-refractivity contribution in [3.8, 4) is 6.07 Å². The predicted octanol–water partition coefficient (Wildman–Crippen LogP) is 1.06. The molecule has 0 aromatic carbocycles. The summed E-state index contributed by atoms with van der Waals surface area (Å²) >= 11 is 0. The molecule has 1 rings (SSSR count). The maximum absolute atomic E-state index is 11.7. The zero-order valence-corrected chi connectivity index (χ0v) is 8.92. The highest BCUT2D eigenvalue weighted by molar-refractivity contribution is 5.96. The minimum atomic E-state index is -0.128. The van der Waals surface area contributed by atoms with Gasteiger partial charge in [0.05, 0.1) is 17.3 Å². The first-order valence-corrected chi connectivity index (χ1v) is 4.83. The number of carbonyl (C=O) groups is 1. The van der Waals surface area contributed by atoms with Gasteiger partial charge >= 0.3 is 0 Å². The third-order valence-corrected chi connectivity index (χ3v) is 2.11. The van der Waals surface area contributed by atoms with Gasteiger partial charge in [-0.15, -0.1) is 0 Å². The van der Waals surface area contributed by atoms with Crippen LogP contribution in [0.4, 0.5) is 0 Å². The number of aromatic nitrogens is 2. The Kier molecular flexibility index (Phi) is 3.86. The van der Waals surface area contributed by atoms with Crippen molar-refractivity contribution in [2.24, 2.45) is 0 Å². The molecule has 0 spiro atoms. The Hall–Kier alpha value is -1.83. The Labute approximate surface area is 88.5 Å². The van der Waals surface area contributed by atoms with Gasteiger partial charge in [0.15, 0.2) is 0 Å². The normalized spacial score (nSPS) is 9.67. The van der Waals surface area contributed by atoms with Crippen LogP contribution < -0.4 is 5.32 Å². The predicted molar refractivity (Wildman–Crippen MR) is 55.2 cm³/mol. The van der Waals surface area contributed by atoms with Crippen LogP contribution in [-0.4, -0.2) is 22.6 Å². The SMILES string of the molecule is Cc1n[nH]c(C)c1C(=O)NCCCC#N. The third kappa shape index (κ3) is 2.81. The second kappa shape index (κ2) is 5.15. The lowest BCUT2D eigenvalue weighted by atomic mass is 10.2. The maximum atomic E-state index is 11.7. The number of nitrogens with one attached hydrogen (secondary N) is 2. The molecule has 15 heavy (non-hydrogen) atoms. The molecule has 0 saturated carbocycles. The first-order chi connectivity index (χ1) is 7.16. The van der Waals surface area contributed by atoms with Crippen molar-refractivity contribution < 1.29 is 4.79 Å². The minimum absolute atomic E-state index is 0.128. The van der Waals surface area contributed by atoms with Crippen LogP contribution in [0.3, 0.4) is 0 Å². The van der Waals surface area contributed by atoms with Gasteiger partial charge in [-0.05, 0) is 20.3 Å². The van der Waals surface area contributed by atoms with Crippen LogP contribution in [0, 0.1) is 25.2 Å². The molecular weight excluding hydrogens is 192 g/mol. The van der Waals surface area contributed by atoms with Gasteiger partial charge in [0, 0.05) is 18.7 Å². The summed E-state index contributed by atoms with van der Waals surface area (Å²) in [7, 11) is 0. The Balaban J connectivity index is 2.51. The molecular formula is C10H14N4O. The zero-order chi connectivity index (χ0) is 11.3. The number of aryl methyl sites for hydroxylation is 2. The quantitative estimate of drug-likeness (QED) is 0.723. The van der Waals surface area contributed by atoms with Gasteiger partial charge in [-0.2, -0.15) is 10.4 Å². The third-order valence-electron chi connectivity index (χ3n) is 2.11. The number of aromatic amines is 1. The summed E-state index contributed by atoms with van der Waals surface area (Å²) in [6, 6.07) is 2.03. The number of hydrogen-bond acceptors (Lipinski definition) is 3. The van der Waals surface area contributed by atoms with Crippen molar-refractivity contribution in [1.82, 2.24) is 15.5 Å². The number of nitrogens with zero attached hydrogens (tertiary/aromatic N) is 2. The van der Waals surface area contributed by atoms with E-state index in [1.807, 2.05) is 13.0 Å². The minimum Gasteiger partial charge on any atom is -0.352 e. The van der Waals surface area contributed by atoms with Gasteiger partial charge in [0.25, 0.3) is 5.91 Å². The number of nitriles is 1. The lowest BCUT2D eigenvalue weighted by Crippen LogP contribution is -2.25. The van der Waals surface area contributed by atoms with E-state index in [4.69, 9.17) is 5.26 Å². The molecule has 0 saturated heterocycles. The van der Waals surface area contributed by atoms with E-state index >= 15 is 0 Å². The van der Waals surface area contributed by atoms with Crippen molar-refractivity contribution in [3.05, 3.63) is 17.0 Å². The van der Waals surface area contributed by atoms with Crippen LogP contribution in [0.15, 0.2) is 0 Å². The van der Waals surface area contributed by atoms with Crippen molar-refractivity contribution in [2.45, 2.75) is 26.7 Å². The first kappa shape index (κ1) is 11.2.